The minimum absolute atomic E-state index is 0.282. The molecule has 0 aromatic rings. The molecule has 11 heavy (non-hydrogen) atoms. The van der Waals surface area contributed by atoms with Crippen molar-refractivity contribution in [3.8, 4) is 0 Å². The summed E-state index contributed by atoms with van der Waals surface area (Å²) in [5.74, 6) is 0.793. The summed E-state index contributed by atoms with van der Waals surface area (Å²) in [6.45, 7) is 11.2. The van der Waals surface area contributed by atoms with E-state index in [1.807, 2.05) is 0 Å². The first-order valence-electron chi connectivity index (χ1n) is 4.27. The SMILES string of the molecule is CC(C)CCP(Cl)C(C)(C)C. The molecule has 0 nitrogen and oxygen atoms in total. The van der Waals surface area contributed by atoms with Crippen molar-refractivity contribution in [3.63, 3.8) is 0 Å². The zero-order chi connectivity index (χ0) is 9.07. The zero-order valence-electron chi connectivity index (χ0n) is 8.32. The van der Waals surface area contributed by atoms with E-state index in [2.05, 4.69) is 34.6 Å². The largest absolute Gasteiger partial charge is 0.0959 e. The van der Waals surface area contributed by atoms with E-state index in [0.717, 1.165) is 5.92 Å². The molecule has 1 unspecified atom stereocenters. The van der Waals surface area contributed by atoms with Gasteiger partial charge in [0, 0.05) is 0 Å². The van der Waals surface area contributed by atoms with Crippen LogP contribution in [0.15, 0.2) is 0 Å². The Labute approximate surface area is 77.3 Å². The van der Waals surface area contributed by atoms with E-state index in [0.29, 0.717) is 5.16 Å². The van der Waals surface area contributed by atoms with Crippen LogP contribution in [0, 0.1) is 5.92 Å². The normalized spacial score (nSPS) is 15.5. The summed E-state index contributed by atoms with van der Waals surface area (Å²) < 4.78 is 0. The summed E-state index contributed by atoms with van der Waals surface area (Å²) in [7, 11) is -0.282. The number of hydrogen-bond donors (Lipinski definition) is 0. The third-order valence-electron chi connectivity index (χ3n) is 1.63. The first-order valence-corrected chi connectivity index (χ1v) is 6.70. The lowest BCUT2D eigenvalue weighted by Crippen LogP contribution is -2.10. The molecule has 0 N–H and O–H groups in total. The topological polar surface area (TPSA) is 0 Å². The highest BCUT2D eigenvalue weighted by Crippen LogP contribution is 2.54. The van der Waals surface area contributed by atoms with Crippen molar-refractivity contribution in [2.45, 2.75) is 46.2 Å². The van der Waals surface area contributed by atoms with E-state index in [-0.39, 0.29) is 7.27 Å². The summed E-state index contributed by atoms with van der Waals surface area (Å²) in [5, 5.41) is 0.325. The second-order valence-electron chi connectivity index (χ2n) is 4.44. The Bertz CT molecular complexity index is 105. The van der Waals surface area contributed by atoms with Crippen molar-refractivity contribution in [1.29, 1.82) is 0 Å². The van der Waals surface area contributed by atoms with Gasteiger partial charge >= 0.3 is 0 Å². The third-order valence-corrected chi connectivity index (χ3v) is 5.77. The molecule has 0 bridgehead atoms. The molecule has 0 radical (unpaired) electrons. The molecule has 0 amide bonds. The molecule has 2 heteroatoms. The van der Waals surface area contributed by atoms with Crippen LogP contribution >= 0.6 is 18.5 Å². The summed E-state index contributed by atoms with van der Waals surface area (Å²) in [4.78, 5) is 0. The van der Waals surface area contributed by atoms with Gasteiger partial charge < -0.3 is 0 Å². The molecule has 0 rings (SSSR count). The number of hydrogen-bond acceptors (Lipinski definition) is 0. The van der Waals surface area contributed by atoms with E-state index >= 15 is 0 Å². The smallest absolute Gasteiger partial charge is 0.00410 e. The second kappa shape index (κ2) is 4.67. The van der Waals surface area contributed by atoms with Gasteiger partial charge in [-0.1, -0.05) is 45.9 Å². The van der Waals surface area contributed by atoms with Crippen LogP contribution < -0.4 is 0 Å². The molecule has 0 heterocycles. The number of halogens is 1. The van der Waals surface area contributed by atoms with Gasteiger partial charge in [-0.15, -0.1) is 0 Å². The number of rotatable bonds is 3. The predicted octanol–water partition coefficient (Wildman–Crippen LogP) is 4.47. The Kier molecular flexibility index (Phi) is 4.98. The maximum atomic E-state index is 6.27. The lowest BCUT2D eigenvalue weighted by Gasteiger charge is -2.25. The van der Waals surface area contributed by atoms with Crippen LogP contribution in [-0.2, 0) is 0 Å². The fourth-order valence-corrected chi connectivity index (χ4v) is 2.41. The van der Waals surface area contributed by atoms with Crippen LogP contribution in [0.3, 0.4) is 0 Å². The maximum Gasteiger partial charge on any atom is -0.00410 e. The van der Waals surface area contributed by atoms with Gasteiger partial charge in [0.25, 0.3) is 0 Å². The Hall–Kier alpha value is 0.720. The van der Waals surface area contributed by atoms with E-state index < -0.39 is 0 Å². The molecule has 0 fully saturated rings. The molecule has 0 aliphatic heterocycles. The summed E-state index contributed by atoms with van der Waals surface area (Å²) in [6, 6.07) is 0. The van der Waals surface area contributed by atoms with Crippen LogP contribution in [-0.4, -0.2) is 11.3 Å². The summed E-state index contributed by atoms with van der Waals surface area (Å²) >= 11 is 6.27. The van der Waals surface area contributed by atoms with Gasteiger partial charge in [-0.3, -0.25) is 0 Å². The predicted molar refractivity (Wildman–Crippen MR) is 56.8 cm³/mol. The fraction of sp³-hybridized carbons (Fsp3) is 1.00. The van der Waals surface area contributed by atoms with Crippen LogP contribution in [0.2, 0.25) is 0 Å². The standard InChI is InChI=1S/C9H20ClP/c1-8(2)6-7-11(10)9(3,4)5/h8H,6-7H2,1-5H3. The van der Waals surface area contributed by atoms with Crippen LogP contribution in [0.4, 0.5) is 0 Å². The maximum absolute atomic E-state index is 6.27. The van der Waals surface area contributed by atoms with Gasteiger partial charge in [-0.25, -0.2) is 0 Å². The van der Waals surface area contributed by atoms with Crippen molar-refractivity contribution in [3.05, 3.63) is 0 Å². The molecule has 0 aromatic carbocycles. The highest BCUT2D eigenvalue weighted by molar-refractivity contribution is 7.85. The quantitative estimate of drug-likeness (QED) is 0.582. The van der Waals surface area contributed by atoms with Gasteiger partial charge in [0.15, 0.2) is 0 Å². The van der Waals surface area contributed by atoms with E-state index in [9.17, 15) is 0 Å². The second-order valence-corrected chi connectivity index (χ2v) is 8.18. The van der Waals surface area contributed by atoms with Crippen molar-refractivity contribution in [1.82, 2.24) is 0 Å². The molecule has 1 atom stereocenters. The minimum atomic E-state index is -0.282. The highest BCUT2D eigenvalue weighted by Gasteiger charge is 2.21. The van der Waals surface area contributed by atoms with Crippen molar-refractivity contribution >= 4 is 18.5 Å². The summed E-state index contributed by atoms with van der Waals surface area (Å²) in [5.41, 5.74) is 0. The van der Waals surface area contributed by atoms with Gasteiger partial charge in [0.05, 0.1) is 0 Å². The Morgan fingerprint density at radius 2 is 1.73 bits per heavy atom. The average Bonchev–Trinajstić information content (AvgIpc) is 1.80. The Morgan fingerprint density at radius 3 is 2.00 bits per heavy atom. The van der Waals surface area contributed by atoms with Crippen LogP contribution in [0.25, 0.3) is 0 Å². The van der Waals surface area contributed by atoms with Crippen LogP contribution in [0.5, 0.6) is 0 Å². The first kappa shape index (κ1) is 11.7. The van der Waals surface area contributed by atoms with E-state index in [1.54, 1.807) is 0 Å². The molecule has 0 saturated carbocycles. The lowest BCUT2D eigenvalue weighted by molar-refractivity contribution is 0.627. The van der Waals surface area contributed by atoms with Gasteiger partial charge in [0.2, 0.25) is 0 Å². The van der Waals surface area contributed by atoms with Gasteiger partial charge in [0.1, 0.15) is 0 Å². The molecule has 0 spiro atoms. The monoisotopic (exact) mass is 194 g/mol. The molecular formula is C9H20ClP. The van der Waals surface area contributed by atoms with Crippen molar-refractivity contribution in [2.24, 2.45) is 5.92 Å². The van der Waals surface area contributed by atoms with Crippen molar-refractivity contribution < 1.29 is 0 Å². The third kappa shape index (κ3) is 5.93. The fourth-order valence-electron chi connectivity index (χ4n) is 0.707. The van der Waals surface area contributed by atoms with E-state index in [4.69, 9.17) is 11.2 Å². The van der Waals surface area contributed by atoms with Gasteiger partial charge in [-0.05, 0) is 30.9 Å². The van der Waals surface area contributed by atoms with Crippen molar-refractivity contribution in [2.75, 3.05) is 6.16 Å². The van der Waals surface area contributed by atoms with E-state index in [1.165, 1.54) is 12.6 Å². The van der Waals surface area contributed by atoms with Crippen LogP contribution in [0.1, 0.15) is 41.0 Å². The molecule has 0 aliphatic carbocycles. The molecule has 0 saturated heterocycles. The zero-order valence-corrected chi connectivity index (χ0v) is 9.97. The molecular weight excluding hydrogens is 175 g/mol. The average molecular weight is 195 g/mol. The highest BCUT2D eigenvalue weighted by atomic mass is 35.7. The Balaban J connectivity index is 3.61. The lowest BCUT2D eigenvalue weighted by atomic mass is 10.2. The first-order chi connectivity index (χ1) is 4.84. The molecule has 0 aliphatic rings. The van der Waals surface area contributed by atoms with Gasteiger partial charge in [-0.2, -0.15) is 0 Å². The summed E-state index contributed by atoms with van der Waals surface area (Å²) in [6.07, 6.45) is 2.48. The molecule has 0 aromatic heterocycles. The Morgan fingerprint density at radius 1 is 1.27 bits per heavy atom. The molecule has 68 valence electrons. The minimum Gasteiger partial charge on any atom is -0.0959 e.